The Morgan fingerprint density at radius 2 is 1.79 bits per heavy atom. The van der Waals surface area contributed by atoms with E-state index in [0.717, 1.165) is 41.0 Å². The monoisotopic (exact) mass is 530 g/mol. The summed E-state index contributed by atoms with van der Waals surface area (Å²) >= 11 is 0. The van der Waals surface area contributed by atoms with Crippen molar-refractivity contribution in [3.63, 3.8) is 0 Å². The molecule has 0 unspecified atom stereocenters. The maximum absolute atomic E-state index is 14.8. The van der Waals surface area contributed by atoms with Gasteiger partial charge in [0.15, 0.2) is 0 Å². The number of para-hydroxylation sites is 2. The highest BCUT2D eigenvalue weighted by atomic mass is 19.1. The number of aliphatic hydroxyl groups is 1. The number of hydrogen-bond donors (Lipinski definition) is 2. The highest BCUT2D eigenvalue weighted by Gasteiger charge is 2.34. The van der Waals surface area contributed by atoms with Gasteiger partial charge in [-0.2, -0.15) is 0 Å². The molecule has 8 nitrogen and oxygen atoms in total. The smallest absolute Gasteiger partial charge is 0.322 e. The minimum Gasteiger partial charge on any atom is -0.395 e. The second-order valence-electron chi connectivity index (χ2n) is 9.81. The molecule has 0 bridgehead atoms. The summed E-state index contributed by atoms with van der Waals surface area (Å²) in [7, 11) is 0. The minimum atomic E-state index is -0.632. The van der Waals surface area contributed by atoms with Gasteiger partial charge in [0.25, 0.3) is 5.91 Å². The highest BCUT2D eigenvalue weighted by molar-refractivity contribution is 6.11. The summed E-state index contributed by atoms with van der Waals surface area (Å²) in [5.74, 6) is -1.10. The predicted molar refractivity (Wildman–Crippen MR) is 148 cm³/mol. The Labute approximate surface area is 226 Å². The molecular weight excluding hydrogens is 499 g/mol. The number of hydrogen-bond acceptors (Lipinski definition) is 4. The normalized spacial score (nSPS) is 14.9. The predicted octanol–water partition coefficient (Wildman–Crippen LogP) is 4.17. The molecule has 0 fully saturated rings. The third-order valence-electron chi connectivity index (χ3n) is 7.31. The molecule has 0 aromatic heterocycles. The van der Waals surface area contributed by atoms with Crippen molar-refractivity contribution < 1.29 is 23.9 Å². The van der Waals surface area contributed by atoms with Gasteiger partial charge >= 0.3 is 6.03 Å². The standard InChI is InChI=1S/C30H31FN4O4/c1-20-17-22(29(38)34-14-5-4-8-21-7-2-3-10-25(21)34)12-13-23(20)18-32-30(39)35-19-27(37)33(15-16-36)26-11-6-9-24(31)28(26)35/h2-3,6-7,9-13,17,36H,4-5,8,14-16,18-19H2,1H3,(H,32,39). The molecular formula is C30H31FN4O4. The molecule has 0 saturated carbocycles. The van der Waals surface area contributed by atoms with Gasteiger partial charge in [0.2, 0.25) is 5.91 Å². The van der Waals surface area contributed by atoms with E-state index in [1.54, 1.807) is 12.1 Å². The van der Waals surface area contributed by atoms with Gasteiger partial charge < -0.3 is 20.2 Å². The van der Waals surface area contributed by atoms with Gasteiger partial charge in [0, 0.05) is 30.9 Å². The van der Waals surface area contributed by atoms with Gasteiger partial charge in [0.1, 0.15) is 18.0 Å². The molecule has 3 aromatic rings. The lowest BCUT2D eigenvalue weighted by Gasteiger charge is -2.36. The lowest BCUT2D eigenvalue weighted by Crippen LogP contribution is -2.52. The maximum Gasteiger partial charge on any atom is 0.322 e. The number of anilines is 3. The Balaban J connectivity index is 1.31. The lowest BCUT2D eigenvalue weighted by molar-refractivity contribution is -0.117. The van der Waals surface area contributed by atoms with Crippen LogP contribution in [-0.2, 0) is 17.8 Å². The third-order valence-corrected chi connectivity index (χ3v) is 7.31. The summed E-state index contributed by atoms with van der Waals surface area (Å²) in [4.78, 5) is 43.5. The zero-order valence-corrected chi connectivity index (χ0v) is 21.8. The quantitative estimate of drug-likeness (QED) is 0.518. The second-order valence-corrected chi connectivity index (χ2v) is 9.81. The average molecular weight is 531 g/mol. The van der Waals surface area contributed by atoms with Crippen LogP contribution in [0.2, 0.25) is 0 Å². The molecule has 2 heterocycles. The number of halogens is 1. The highest BCUT2D eigenvalue weighted by Crippen LogP contribution is 2.36. The van der Waals surface area contributed by atoms with Gasteiger partial charge in [-0.3, -0.25) is 14.5 Å². The van der Waals surface area contributed by atoms with Crippen LogP contribution in [0, 0.1) is 12.7 Å². The number of carbonyl (C=O) groups excluding carboxylic acids is 3. The minimum absolute atomic E-state index is 0.00144. The zero-order chi connectivity index (χ0) is 27.5. The van der Waals surface area contributed by atoms with E-state index in [2.05, 4.69) is 11.4 Å². The molecule has 202 valence electrons. The van der Waals surface area contributed by atoms with E-state index < -0.39 is 17.8 Å². The molecule has 2 aliphatic heterocycles. The fourth-order valence-corrected chi connectivity index (χ4v) is 5.29. The zero-order valence-electron chi connectivity index (χ0n) is 21.8. The van der Waals surface area contributed by atoms with E-state index in [-0.39, 0.29) is 43.5 Å². The number of fused-ring (bicyclic) bond motifs is 2. The van der Waals surface area contributed by atoms with Crippen molar-refractivity contribution in [2.45, 2.75) is 32.7 Å². The van der Waals surface area contributed by atoms with Crippen molar-refractivity contribution in [2.75, 3.05) is 40.9 Å². The largest absolute Gasteiger partial charge is 0.395 e. The van der Waals surface area contributed by atoms with Crippen molar-refractivity contribution in [3.05, 3.63) is 88.7 Å². The van der Waals surface area contributed by atoms with Crippen LogP contribution in [0.3, 0.4) is 0 Å². The Morgan fingerprint density at radius 1 is 1.00 bits per heavy atom. The molecule has 0 radical (unpaired) electrons. The number of rotatable bonds is 5. The van der Waals surface area contributed by atoms with Crippen LogP contribution in [0.1, 0.15) is 39.9 Å². The summed E-state index contributed by atoms with van der Waals surface area (Å²) in [5.41, 5.74) is 4.57. The number of nitrogens with zero attached hydrogens (tertiary/aromatic N) is 3. The van der Waals surface area contributed by atoms with Crippen LogP contribution < -0.4 is 20.0 Å². The number of aryl methyl sites for hydroxylation is 2. The molecule has 0 aliphatic carbocycles. The SMILES string of the molecule is Cc1cc(C(=O)N2CCCCc3ccccc32)ccc1CNC(=O)N1CC(=O)N(CCO)c2cccc(F)c21. The van der Waals surface area contributed by atoms with E-state index in [4.69, 9.17) is 0 Å². The molecule has 5 rings (SSSR count). The van der Waals surface area contributed by atoms with Crippen LogP contribution in [0.25, 0.3) is 0 Å². The number of amides is 4. The summed E-state index contributed by atoms with van der Waals surface area (Å²) < 4.78 is 14.8. The van der Waals surface area contributed by atoms with E-state index in [1.165, 1.54) is 22.6 Å². The summed E-state index contributed by atoms with van der Waals surface area (Å²) in [6.07, 6.45) is 2.92. The van der Waals surface area contributed by atoms with Gasteiger partial charge in [-0.1, -0.05) is 30.3 Å². The summed E-state index contributed by atoms with van der Waals surface area (Å²) in [6, 6.07) is 17.0. The summed E-state index contributed by atoms with van der Waals surface area (Å²) in [6.45, 7) is 2.06. The fraction of sp³-hybridized carbons (Fsp3) is 0.300. The van der Waals surface area contributed by atoms with E-state index >= 15 is 0 Å². The first kappa shape index (κ1) is 26.4. The van der Waals surface area contributed by atoms with E-state index in [0.29, 0.717) is 12.1 Å². The Kier molecular flexibility index (Phi) is 7.60. The Morgan fingerprint density at radius 3 is 2.59 bits per heavy atom. The van der Waals surface area contributed by atoms with Crippen molar-refractivity contribution in [3.8, 4) is 0 Å². The first-order valence-corrected chi connectivity index (χ1v) is 13.1. The summed E-state index contributed by atoms with van der Waals surface area (Å²) in [5, 5.41) is 12.1. The number of nitrogens with one attached hydrogen (secondary N) is 1. The van der Waals surface area contributed by atoms with Gasteiger partial charge in [-0.15, -0.1) is 0 Å². The number of aliphatic hydroxyl groups excluding tert-OH is 1. The number of urea groups is 1. The molecule has 0 spiro atoms. The van der Waals surface area contributed by atoms with Crippen molar-refractivity contribution in [1.82, 2.24) is 5.32 Å². The molecule has 3 aromatic carbocycles. The molecule has 39 heavy (non-hydrogen) atoms. The fourth-order valence-electron chi connectivity index (χ4n) is 5.29. The van der Waals surface area contributed by atoms with E-state index in [1.807, 2.05) is 42.2 Å². The van der Waals surface area contributed by atoms with Gasteiger partial charge in [-0.25, -0.2) is 9.18 Å². The number of carbonyl (C=O) groups is 3. The van der Waals surface area contributed by atoms with Crippen LogP contribution in [0.4, 0.5) is 26.2 Å². The van der Waals surface area contributed by atoms with Crippen molar-refractivity contribution in [2.24, 2.45) is 0 Å². The van der Waals surface area contributed by atoms with Gasteiger partial charge in [-0.05, 0) is 73.2 Å². The maximum atomic E-state index is 14.8. The van der Waals surface area contributed by atoms with Crippen LogP contribution >= 0.6 is 0 Å². The number of benzene rings is 3. The van der Waals surface area contributed by atoms with E-state index in [9.17, 15) is 23.9 Å². The first-order chi connectivity index (χ1) is 18.9. The number of β-amino-alcohol motifs (C(OH)–C–C–N with tert-alkyl or cyclic N) is 1. The topological polar surface area (TPSA) is 93.2 Å². The lowest BCUT2D eigenvalue weighted by atomic mass is 10.0. The molecule has 0 atom stereocenters. The molecule has 2 N–H and O–H groups in total. The van der Waals surface area contributed by atoms with Crippen molar-refractivity contribution in [1.29, 1.82) is 0 Å². The third kappa shape index (κ3) is 5.22. The van der Waals surface area contributed by atoms with Crippen LogP contribution in [0.5, 0.6) is 0 Å². The van der Waals surface area contributed by atoms with Gasteiger partial charge in [0.05, 0.1) is 12.3 Å². The second kappa shape index (κ2) is 11.2. The van der Waals surface area contributed by atoms with Crippen molar-refractivity contribution >= 4 is 34.9 Å². The van der Waals surface area contributed by atoms with Crippen LogP contribution in [-0.4, -0.2) is 49.2 Å². The molecule has 4 amide bonds. The first-order valence-electron chi connectivity index (χ1n) is 13.1. The Bertz CT molecular complexity index is 1430. The molecule has 0 saturated heterocycles. The molecule has 2 aliphatic rings. The Hall–Kier alpha value is -4.24. The molecule has 9 heteroatoms. The van der Waals surface area contributed by atoms with Crippen LogP contribution in [0.15, 0.2) is 60.7 Å². The average Bonchev–Trinajstić information content (AvgIpc) is 3.16.